The van der Waals surface area contributed by atoms with Crippen LogP contribution in [0.1, 0.15) is 29.9 Å². The van der Waals surface area contributed by atoms with Crippen LogP contribution in [0.5, 0.6) is 0 Å². The fourth-order valence-electron chi connectivity index (χ4n) is 4.04. The summed E-state index contributed by atoms with van der Waals surface area (Å²) in [6.45, 7) is 0. The Balaban J connectivity index is 1.82. The van der Waals surface area contributed by atoms with Gasteiger partial charge in [-0.1, -0.05) is 36.4 Å². The van der Waals surface area contributed by atoms with Gasteiger partial charge in [-0.2, -0.15) is 0 Å². The standard InChI is InChI=1S/C22H22O5/c1-25-21(12-11-17-7-3-2-4-8-17)15-20(23,18-9-5-13-26-18)16-22(21,24)19-10-6-14-27-19/h2-14,23-24H,15-16H2,1H3/b12-11+/t20-,21+,22+/m0/s1. The molecule has 5 heteroatoms. The molecule has 1 aliphatic rings. The summed E-state index contributed by atoms with van der Waals surface area (Å²) in [5.74, 6) is 0.726. The number of benzene rings is 1. The van der Waals surface area contributed by atoms with Gasteiger partial charge in [0, 0.05) is 20.0 Å². The molecule has 1 saturated carbocycles. The van der Waals surface area contributed by atoms with Crippen molar-refractivity contribution in [2.45, 2.75) is 29.6 Å². The van der Waals surface area contributed by atoms with Crippen molar-refractivity contribution in [3.8, 4) is 0 Å². The van der Waals surface area contributed by atoms with Gasteiger partial charge in [0.05, 0.1) is 12.5 Å². The van der Waals surface area contributed by atoms with E-state index in [-0.39, 0.29) is 12.8 Å². The molecule has 2 N–H and O–H groups in total. The Morgan fingerprint density at radius 1 is 0.889 bits per heavy atom. The summed E-state index contributed by atoms with van der Waals surface area (Å²) >= 11 is 0. The van der Waals surface area contributed by atoms with Crippen LogP contribution in [0.4, 0.5) is 0 Å². The van der Waals surface area contributed by atoms with E-state index in [1.807, 2.05) is 36.4 Å². The van der Waals surface area contributed by atoms with Gasteiger partial charge in [0.25, 0.3) is 0 Å². The number of aliphatic hydroxyl groups is 2. The predicted molar refractivity (Wildman–Crippen MR) is 99.7 cm³/mol. The average Bonchev–Trinajstić information content (AvgIpc) is 3.42. The van der Waals surface area contributed by atoms with E-state index in [1.165, 1.54) is 19.6 Å². The molecule has 0 amide bonds. The maximum atomic E-state index is 11.7. The van der Waals surface area contributed by atoms with Crippen molar-refractivity contribution in [1.29, 1.82) is 0 Å². The lowest BCUT2D eigenvalue weighted by atomic mass is 9.83. The van der Waals surface area contributed by atoms with Crippen molar-refractivity contribution >= 4 is 6.08 Å². The molecule has 0 bridgehead atoms. The number of methoxy groups -OCH3 is 1. The van der Waals surface area contributed by atoms with Gasteiger partial charge in [0.2, 0.25) is 0 Å². The summed E-state index contributed by atoms with van der Waals surface area (Å²) in [6, 6.07) is 16.5. The first-order valence-electron chi connectivity index (χ1n) is 8.84. The van der Waals surface area contributed by atoms with E-state index in [9.17, 15) is 10.2 Å². The van der Waals surface area contributed by atoms with E-state index in [0.717, 1.165) is 5.56 Å². The zero-order chi connectivity index (χ0) is 19.0. The van der Waals surface area contributed by atoms with E-state index in [4.69, 9.17) is 13.6 Å². The maximum absolute atomic E-state index is 11.7. The molecule has 1 aliphatic carbocycles. The lowest BCUT2D eigenvalue weighted by Crippen LogP contribution is -2.47. The molecule has 4 rings (SSSR count). The second kappa shape index (κ2) is 6.53. The number of hydrogen-bond acceptors (Lipinski definition) is 5. The fourth-order valence-corrected chi connectivity index (χ4v) is 4.04. The largest absolute Gasteiger partial charge is 0.466 e. The van der Waals surface area contributed by atoms with Crippen LogP contribution in [0.25, 0.3) is 6.08 Å². The molecule has 3 aromatic rings. The van der Waals surface area contributed by atoms with Crippen LogP contribution in [0.15, 0.2) is 82.0 Å². The summed E-state index contributed by atoms with van der Waals surface area (Å²) in [5.41, 5.74) is -3.22. The third-order valence-electron chi connectivity index (χ3n) is 5.42. The van der Waals surface area contributed by atoms with Crippen molar-refractivity contribution in [2.24, 2.45) is 0 Å². The highest BCUT2D eigenvalue weighted by atomic mass is 16.5. The first kappa shape index (κ1) is 17.8. The molecular weight excluding hydrogens is 344 g/mol. The van der Waals surface area contributed by atoms with E-state index >= 15 is 0 Å². The van der Waals surface area contributed by atoms with Gasteiger partial charge in [-0.3, -0.25) is 0 Å². The highest BCUT2D eigenvalue weighted by Gasteiger charge is 2.66. The second-order valence-corrected chi connectivity index (χ2v) is 7.04. The summed E-state index contributed by atoms with van der Waals surface area (Å²) < 4.78 is 16.9. The monoisotopic (exact) mass is 366 g/mol. The molecule has 3 atom stereocenters. The smallest absolute Gasteiger partial charge is 0.158 e. The lowest BCUT2D eigenvalue weighted by molar-refractivity contribution is -0.137. The van der Waals surface area contributed by atoms with Gasteiger partial charge in [-0.05, 0) is 35.9 Å². The Bertz CT molecular complexity index is 900. The van der Waals surface area contributed by atoms with E-state index in [2.05, 4.69) is 0 Å². The van der Waals surface area contributed by atoms with E-state index in [0.29, 0.717) is 11.5 Å². The van der Waals surface area contributed by atoms with Crippen molar-refractivity contribution in [3.63, 3.8) is 0 Å². The molecular formula is C22H22O5. The first-order valence-corrected chi connectivity index (χ1v) is 8.84. The number of rotatable bonds is 5. The van der Waals surface area contributed by atoms with Crippen LogP contribution in [-0.2, 0) is 15.9 Å². The molecule has 0 spiro atoms. The van der Waals surface area contributed by atoms with Gasteiger partial charge < -0.3 is 23.8 Å². The Morgan fingerprint density at radius 2 is 1.56 bits per heavy atom. The minimum Gasteiger partial charge on any atom is -0.466 e. The molecule has 1 aromatic carbocycles. The molecule has 0 saturated heterocycles. The SMILES string of the molecule is CO[C@]1(/C=C/c2ccccc2)C[C@@](O)(c2ccco2)C[C@@]1(O)c1ccco1. The molecule has 0 unspecified atom stereocenters. The van der Waals surface area contributed by atoms with Gasteiger partial charge in [0.1, 0.15) is 22.7 Å². The maximum Gasteiger partial charge on any atom is 0.158 e. The Labute approximate surface area is 157 Å². The van der Waals surface area contributed by atoms with Crippen molar-refractivity contribution in [3.05, 3.63) is 90.3 Å². The minimum atomic E-state index is -1.57. The van der Waals surface area contributed by atoms with Crippen LogP contribution in [0, 0.1) is 0 Å². The number of hydrogen-bond donors (Lipinski definition) is 2. The molecule has 2 heterocycles. The third-order valence-corrected chi connectivity index (χ3v) is 5.42. The molecule has 0 radical (unpaired) electrons. The highest BCUT2D eigenvalue weighted by Crippen LogP contribution is 2.57. The zero-order valence-corrected chi connectivity index (χ0v) is 15.0. The zero-order valence-electron chi connectivity index (χ0n) is 15.0. The molecule has 5 nitrogen and oxygen atoms in total. The normalized spacial score (nSPS) is 30.9. The van der Waals surface area contributed by atoms with Crippen LogP contribution in [-0.4, -0.2) is 22.9 Å². The van der Waals surface area contributed by atoms with E-state index in [1.54, 1.807) is 30.3 Å². The molecule has 140 valence electrons. The highest BCUT2D eigenvalue weighted by molar-refractivity contribution is 5.52. The van der Waals surface area contributed by atoms with Crippen molar-refractivity contribution < 1.29 is 23.8 Å². The summed E-state index contributed by atoms with van der Waals surface area (Å²) in [6.07, 6.45) is 6.78. The Kier molecular flexibility index (Phi) is 4.30. The lowest BCUT2D eigenvalue weighted by Gasteiger charge is -2.37. The van der Waals surface area contributed by atoms with Crippen molar-refractivity contribution in [2.75, 3.05) is 7.11 Å². The quantitative estimate of drug-likeness (QED) is 0.717. The molecule has 0 aliphatic heterocycles. The Hall–Kier alpha value is -2.60. The third kappa shape index (κ3) is 2.84. The predicted octanol–water partition coefficient (Wildman–Crippen LogP) is 3.84. The van der Waals surface area contributed by atoms with Crippen LogP contribution < -0.4 is 0 Å². The number of furan rings is 2. The topological polar surface area (TPSA) is 76.0 Å². The van der Waals surface area contributed by atoms with E-state index < -0.39 is 16.8 Å². The first-order chi connectivity index (χ1) is 13.0. The summed E-state index contributed by atoms with van der Waals surface area (Å²) in [4.78, 5) is 0. The van der Waals surface area contributed by atoms with Crippen LogP contribution >= 0.6 is 0 Å². The van der Waals surface area contributed by atoms with Gasteiger partial charge >= 0.3 is 0 Å². The Morgan fingerprint density at radius 3 is 2.15 bits per heavy atom. The molecule has 1 fully saturated rings. The van der Waals surface area contributed by atoms with Crippen LogP contribution in [0.2, 0.25) is 0 Å². The summed E-state index contributed by atoms with van der Waals surface area (Å²) in [5, 5.41) is 23.0. The minimum absolute atomic E-state index is 0.0198. The van der Waals surface area contributed by atoms with Crippen LogP contribution in [0.3, 0.4) is 0 Å². The van der Waals surface area contributed by atoms with Gasteiger partial charge in [-0.25, -0.2) is 0 Å². The van der Waals surface area contributed by atoms with Crippen molar-refractivity contribution in [1.82, 2.24) is 0 Å². The van der Waals surface area contributed by atoms with Gasteiger partial charge in [0.15, 0.2) is 5.60 Å². The molecule has 2 aromatic heterocycles. The fraction of sp³-hybridized carbons (Fsp3) is 0.273. The molecule has 27 heavy (non-hydrogen) atoms. The average molecular weight is 366 g/mol. The number of ether oxygens (including phenoxy) is 1. The summed E-state index contributed by atoms with van der Waals surface area (Å²) in [7, 11) is 1.52. The second-order valence-electron chi connectivity index (χ2n) is 7.04. The van der Waals surface area contributed by atoms with Gasteiger partial charge in [-0.15, -0.1) is 0 Å².